The Morgan fingerprint density at radius 2 is 1.41 bits per heavy atom. The van der Waals surface area contributed by atoms with Gasteiger partial charge in [0, 0.05) is 25.5 Å². The van der Waals surface area contributed by atoms with E-state index in [1.807, 2.05) is 36.1 Å². The highest BCUT2D eigenvalue weighted by Crippen LogP contribution is 2.36. The van der Waals surface area contributed by atoms with Crippen molar-refractivity contribution in [2.75, 3.05) is 32.2 Å². The van der Waals surface area contributed by atoms with Gasteiger partial charge in [-0.05, 0) is 73.0 Å². The summed E-state index contributed by atoms with van der Waals surface area (Å²) < 4.78 is 10.5. The van der Waals surface area contributed by atoms with Gasteiger partial charge in [-0.2, -0.15) is 0 Å². The summed E-state index contributed by atoms with van der Waals surface area (Å²) in [6.45, 7) is 3.15. The Labute approximate surface area is 199 Å². The lowest BCUT2D eigenvalue weighted by molar-refractivity contribution is -0.120. The number of imide groups is 1. The Balaban J connectivity index is 1.74. The van der Waals surface area contributed by atoms with Crippen LogP contribution in [0.2, 0.25) is 0 Å². The Morgan fingerprint density at radius 3 is 1.97 bits per heavy atom. The van der Waals surface area contributed by atoms with Crippen molar-refractivity contribution in [2.24, 2.45) is 0 Å². The van der Waals surface area contributed by atoms with Crippen LogP contribution in [0.5, 0.6) is 11.5 Å². The number of aromatic nitrogens is 1. The van der Waals surface area contributed by atoms with E-state index in [0.29, 0.717) is 47.1 Å². The molecule has 7 nitrogen and oxygen atoms in total. The lowest BCUT2D eigenvalue weighted by Gasteiger charge is -2.25. The van der Waals surface area contributed by atoms with Crippen LogP contribution in [0.15, 0.2) is 78.8 Å². The molecule has 0 aliphatic carbocycles. The van der Waals surface area contributed by atoms with Crippen LogP contribution in [-0.4, -0.2) is 49.0 Å². The molecule has 0 unspecified atom stereocenters. The van der Waals surface area contributed by atoms with Crippen LogP contribution in [-0.2, 0) is 16.0 Å². The summed E-state index contributed by atoms with van der Waals surface area (Å²) in [6, 6.07) is 18.0. The van der Waals surface area contributed by atoms with Gasteiger partial charge in [-0.3, -0.25) is 14.6 Å². The number of methoxy groups -OCH3 is 2. The van der Waals surface area contributed by atoms with Crippen LogP contribution < -0.4 is 14.4 Å². The monoisotopic (exact) mass is 457 g/mol. The molecule has 0 bridgehead atoms. The molecule has 7 heteroatoms. The standard InChI is InChI=1S/C27H27N3O4/c1-4-29(18-15-19-13-16-28-17-14-19)25-24(20-5-9-22(33-2)10-6-20)26(31)30(27(25)32)21-7-11-23(34-3)12-8-21/h5-14,16-17H,4,15,18H2,1-3H3. The van der Waals surface area contributed by atoms with Gasteiger partial charge < -0.3 is 14.4 Å². The number of benzene rings is 2. The van der Waals surface area contributed by atoms with Crippen molar-refractivity contribution in [1.82, 2.24) is 9.88 Å². The number of amides is 2. The van der Waals surface area contributed by atoms with E-state index in [9.17, 15) is 9.59 Å². The Morgan fingerprint density at radius 1 is 0.824 bits per heavy atom. The summed E-state index contributed by atoms with van der Waals surface area (Å²) in [6.07, 6.45) is 4.23. The molecule has 1 aliphatic heterocycles. The maximum absolute atomic E-state index is 13.7. The first kappa shape index (κ1) is 23.0. The number of likely N-dealkylation sites (N-methyl/N-ethyl adjacent to an activating group) is 1. The molecule has 0 fully saturated rings. The van der Waals surface area contributed by atoms with Gasteiger partial charge in [0.2, 0.25) is 0 Å². The minimum atomic E-state index is -0.349. The van der Waals surface area contributed by atoms with Crippen molar-refractivity contribution >= 4 is 23.1 Å². The molecule has 2 amide bonds. The van der Waals surface area contributed by atoms with E-state index in [1.165, 1.54) is 4.90 Å². The fraction of sp³-hybridized carbons (Fsp3) is 0.222. The van der Waals surface area contributed by atoms with Gasteiger partial charge in [-0.25, -0.2) is 4.90 Å². The Hall–Kier alpha value is -4.13. The first-order chi connectivity index (χ1) is 16.6. The minimum Gasteiger partial charge on any atom is -0.497 e. The lowest BCUT2D eigenvalue weighted by Crippen LogP contribution is -2.36. The summed E-state index contributed by atoms with van der Waals surface area (Å²) in [5.74, 6) is 0.647. The van der Waals surface area contributed by atoms with Crippen molar-refractivity contribution in [3.63, 3.8) is 0 Å². The zero-order valence-electron chi connectivity index (χ0n) is 19.5. The normalized spacial score (nSPS) is 13.4. The largest absolute Gasteiger partial charge is 0.497 e. The number of pyridine rings is 1. The van der Waals surface area contributed by atoms with E-state index in [2.05, 4.69) is 4.98 Å². The van der Waals surface area contributed by atoms with Crippen LogP contribution in [0.25, 0.3) is 5.57 Å². The van der Waals surface area contributed by atoms with Crippen LogP contribution in [0.4, 0.5) is 5.69 Å². The van der Waals surface area contributed by atoms with Crippen LogP contribution >= 0.6 is 0 Å². The predicted octanol–water partition coefficient (Wildman–Crippen LogP) is 3.95. The smallest absolute Gasteiger partial charge is 0.282 e. The van der Waals surface area contributed by atoms with Crippen molar-refractivity contribution < 1.29 is 19.1 Å². The molecule has 0 radical (unpaired) electrons. The number of rotatable bonds is 9. The SMILES string of the molecule is CCN(CCc1ccncc1)C1=C(c2ccc(OC)cc2)C(=O)N(c2ccc(OC)cc2)C1=O. The molecule has 0 spiro atoms. The number of anilines is 1. The highest BCUT2D eigenvalue weighted by Gasteiger charge is 2.42. The first-order valence-corrected chi connectivity index (χ1v) is 11.1. The fourth-order valence-electron chi connectivity index (χ4n) is 4.04. The van der Waals surface area contributed by atoms with Crippen molar-refractivity contribution in [1.29, 1.82) is 0 Å². The molecule has 4 rings (SSSR count). The highest BCUT2D eigenvalue weighted by molar-refractivity contribution is 6.45. The average molecular weight is 458 g/mol. The predicted molar refractivity (Wildman–Crippen MR) is 131 cm³/mol. The topological polar surface area (TPSA) is 72.0 Å². The van der Waals surface area contributed by atoms with Gasteiger partial charge in [0.05, 0.1) is 25.5 Å². The van der Waals surface area contributed by atoms with Gasteiger partial charge in [-0.15, -0.1) is 0 Å². The third-order valence-electron chi connectivity index (χ3n) is 5.89. The van der Waals surface area contributed by atoms with E-state index >= 15 is 0 Å². The van der Waals surface area contributed by atoms with E-state index in [1.54, 1.807) is 63.0 Å². The van der Waals surface area contributed by atoms with Gasteiger partial charge in [0.15, 0.2) is 0 Å². The summed E-state index contributed by atoms with van der Waals surface area (Å²) in [5, 5.41) is 0. The van der Waals surface area contributed by atoms with Crippen molar-refractivity contribution in [3.05, 3.63) is 89.9 Å². The molecule has 0 N–H and O–H groups in total. The highest BCUT2D eigenvalue weighted by atomic mass is 16.5. The number of carbonyl (C=O) groups excluding carboxylic acids is 2. The lowest BCUT2D eigenvalue weighted by atomic mass is 10.0. The molecule has 0 saturated heterocycles. The second-order valence-electron chi connectivity index (χ2n) is 7.78. The summed E-state index contributed by atoms with van der Waals surface area (Å²) in [4.78, 5) is 34.7. The molecule has 1 aliphatic rings. The first-order valence-electron chi connectivity index (χ1n) is 11.1. The Bertz CT molecular complexity index is 1190. The zero-order chi connectivity index (χ0) is 24.1. The van der Waals surface area contributed by atoms with E-state index in [4.69, 9.17) is 9.47 Å². The molecule has 174 valence electrons. The van der Waals surface area contributed by atoms with Crippen LogP contribution in [0.3, 0.4) is 0 Å². The maximum atomic E-state index is 13.7. The van der Waals surface area contributed by atoms with E-state index < -0.39 is 0 Å². The minimum absolute atomic E-state index is 0.336. The number of nitrogens with zero attached hydrogens (tertiary/aromatic N) is 3. The average Bonchev–Trinajstić information content (AvgIpc) is 3.15. The van der Waals surface area contributed by atoms with Gasteiger partial charge in [-0.1, -0.05) is 12.1 Å². The molecule has 0 atom stereocenters. The van der Waals surface area contributed by atoms with Gasteiger partial charge in [0.1, 0.15) is 17.2 Å². The van der Waals surface area contributed by atoms with E-state index in [0.717, 1.165) is 12.0 Å². The molecular formula is C27H27N3O4. The molecule has 3 aromatic rings. The fourth-order valence-corrected chi connectivity index (χ4v) is 4.04. The third-order valence-corrected chi connectivity index (χ3v) is 5.89. The van der Waals surface area contributed by atoms with Crippen molar-refractivity contribution in [3.8, 4) is 11.5 Å². The van der Waals surface area contributed by atoms with Crippen LogP contribution in [0, 0.1) is 0 Å². The second-order valence-corrected chi connectivity index (χ2v) is 7.78. The Kier molecular flexibility index (Phi) is 6.92. The summed E-state index contributed by atoms with van der Waals surface area (Å²) in [5.41, 5.74) is 3.08. The maximum Gasteiger partial charge on any atom is 0.282 e. The molecule has 2 aromatic carbocycles. The third kappa shape index (κ3) is 4.50. The van der Waals surface area contributed by atoms with E-state index in [-0.39, 0.29) is 11.8 Å². The van der Waals surface area contributed by atoms with Crippen molar-refractivity contribution in [2.45, 2.75) is 13.3 Å². The zero-order valence-corrected chi connectivity index (χ0v) is 19.5. The summed E-state index contributed by atoms with van der Waals surface area (Å²) >= 11 is 0. The molecule has 34 heavy (non-hydrogen) atoms. The van der Waals surface area contributed by atoms with Gasteiger partial charge in [0.25, 0.3) is 11.8 Å². The number of ether oxygens (including phenoxy) is 2. The number of hydrogen-bond acceptors (Lipinski definition) is 6. The molecule has 1 aromatic heterocycles. The number of hydrogen-bond donors (Lipinski definition) is 0. The number of carbonyl (C=O) groups is 2. The molecule has 2 heterocycles. The molecular weight excluding hydrogens is 430 g/mol. The van der Waals surface area contributed by atoms with Gasteiger partial charge >= 0.3 is 0 Å². The molecule has 0 saturated carbocycles. The quantitative estimate of drug-likeness (QED) is 0.453. The second kappa shape index (κ2) is 10.2. The summed E-state index contributed by atoms with van der Waals surface area (Å²) in [7, 11) is 3.16. The van der Waals surface area contributed by atoms with Crippen LogP contribution in [0.1, 0.15) is 18.1 Å².